The predicted octanol–water partition coefficient (Wildman–Crippen LogP) is 5.53. The standard InChI is InChI=1S/C24H25F3N2O5S2/c1-15(2)20-11-10-19(13-21(20)23(30)33-3)36(31,32)28-12-4-5-17-14-35-22(29-17)16-6-8-18(9-7-16)34-24(25,26)27/h6-11,13-15,28H,4-5,12H2,1-3H3. The second kappa shape index (κ2) is 11.4. The summed E-state index contributed by atoms with van der Waals surface area (Å²) in [5, 5.41) is 2.45. The van der Waals surface area contributed by atoms with Crippen LogP contribution >= 0.6 is 11.3 Å². The minimum absolute atomic E-state index is 0.0120. The smallest absolute Gasteiger partial charge is 0.465 e. The van der Waals surface area contributed by atoms with Crippen molar-refractivity contribution >= 4 is 27.3 Å². The number of rotatable bonds is 10. The van der Waals surface area contributed by atoms with Crippen LogP contribution in [0.3, 0.4) is 0 Å². The van der Waals surface area contributed by atoms with Gasteiger partial charge in [-0.25, -0.2) is 22.9 Å². The van der Waals surface area contributed by atoms with Gasteiger partial charge in [-0.1, -0.05) is 19.9 Å². The monoisotopic (exact) mass is 542 g/mol. The van der Waals surface area contributed by atoms with Crippen LogP contribution in [0.5, 0.6) is 5.75 Å². The second-order valence-corrected chi connectivity index (χ2v) is 10.7. The molecule has 1 N–H and O–H groups in total. The van der Waals surface area contributed by atoms with Crippen molar-refractivity contribution in [2.24, 2.45) is 0 Å². The van der Waals surface area contributed by atoms with Crippen LogP contribution in [0.15, 0.2) is 52.7 Å². The highest BCUT2D eigenvalue weighted by molar-refractivity contribution is 7.89. The number of hydrogen-bond donors (Lipinski definition) is 1. The van der Waals surface area contributed by atoms with Gasteiger partial charge in [0.25, 0.3) is 0 Å². The summed E-state index contributed by atoms with van der Waals surface area (Å²) >= 11 is 1.34. The maximum absolute atomic E-state index is 12.7. The highest BCUT2D eigenvalue weighted by Crippen LogP contribution is 2.29. The van der Waals surface area contributed by atoms with Gasteiger partial charge in [-0.05, 0) is 60.7 Å². The van der Waals surface area contributed by atoms with Crippen molar-refractivity contribution in [3.8, 4) is 16.3 Å². The van der Waals surface area contributed by atoms with E-state index in [9.17, 15) is 26.4 Å². The van der Waals surface area contributed by atoms with E-state index in [1.165, 1.54) is 54.8 Å². The van der Waals surface area contributed by atoms with Crippen LogP contribution < -0.4 is 9.46 Å². The molecule has 0 spiro atoms. The van der Waals surface area contributed by atoms with Crippen molar-refractivity contribution in [2.45, 2.75) is 43.9 Å². The number of carbonyl (C=O) groups is 1. The molecule has 2 aromatic carbocycles. The Balaban J connectivity index is 1.58. The molecule has 3 rings (SSSR count). The van der Waals surface area contributed by atoms with E-state index in [4.69, 9.17) is 4.74 Å². The molecule has 0 aliphatic rings. The average molecular weight is 543 g/mol. The van der Waals surface area contributed by atoms with Crippen LogP contribution in [0, 0.1) is 0 Å². The Bertz CT molecular complexity index is 1300. The first-order valence-electron chi connectivity index (χ1n) is 10.9. The van der Waals surface area contributed by atoms with Crippen LogP contribution in [-0.4, -0.2) is 39.4 Å². The van der Waals surface area contributed by atoms with Crippen molar-refractivity contribution in [1.29, 1.82) is 0 Å². The Hall–Kier alpha value is -2.96. The number of thiazole rings is 1. The van der Waals surface area contributed by atoms with Crippen LogP contribution in [-0.2, 0) is 21.2 Å². The van der Waals surface area contributed by atoms with Gasteiger partial charge in [-0.3, -0.25) is 0 Å². The zero-order valence-corrected chi connectivity index (χ0v) is 21.4. The van der Waals surface area contributed by atoms with Crippen molar-refractivity contribution in [1.82, 2.24) is 9.71 Å². The quantitative estimate of drug-likeness (QED) is 0.267. The highest BCUT2D eigenvalue weighted by atomic mass is 32.2. The average Bonchev–Trinajstić information content (AvgIpc) is 3.29. The predicted molar refractivity (Wildman–Crippen MR) is 130 cm³/mol. The summed E-state index contributed by atoms with van der Waals surface area (Å²) in [6.45, 7) is 3.95. The minimum Gasteiger partial charge on any atom is -0.465 e. The number of nitrogens with zero attached hydrogens (tertiary/aromatic N) is 1. The number of carbonyl (C=O) groups excluding carboxylic acids is 1. The number of sulfonamides is 1. The molecule has 0 saturated carbocycles. The van der Waals surface area contributed by atoms with E-state index in [-0.39, 0.29) is 28.7 Å². The number of hydrogen-bond acceptors (Lipinski definition) is 7. The summed E-state index contributed by atoms with van der Waals surface area (Å²) in [7, 11) is -2.60. The normalized spacial score (nSPS) is 12.1. The summed E-state index contributed by atoms with van der Waals surface area (Å²) in [5.74, 6) is -0.900. The molecule has 0 atom stereocenters. The number of benzene rings is 2. The molecule has 0 amide bonds. The van der Waals surface area contributed by atoms with Crippen LogP contribution in [0.4, 0.5) is 13.2 Å². The van der Waals surface area contributed by atoms with Gasteiger partial charge in [0.2, 0.25) is 10.0 Å². The third-order valence-electron chi connectivity index (χ3n) is 5.15. The lowest BCUT2D eigenvalue weighted by molar-refractivity contribution is -0.274. The number of alkyl halides is 3. The molecule has 0 unspecified atom stereocenters. The van der Waals surface area contributed by atoms with Crippen molar-refractivity contribution in [3.05, 3.63) is 64.7 Å². The summed E-state index contributed by atoms with van der Waals surface area (Å²) < 4.78 is 73.6. The maximum Gasteiger partial charge on any atom is 0.573 e. The molecular weight excluding hydrogens is 517 g/mol. The van der Waals surface area contributed by atoms with E-state index in [1.54, 1.807) is 6.07 Å². The van der Waals surface area contributed by atoms with Gasteiger partial charge < -0.3 is 9.47 Å². The molecule has 3 aromatic rings. The molecule has 0 fully saturated rings. The van der Waals surface area contributed by atoms with E-state index < -0.39 is 22.4 Å². The van der Waals surface area contributed by atoms with Crippen molar-refractivity contribution < 1.29 is 35.9 Å². The molecule has 1 aromatic heterocycles. The Labute approximate surface area is 211 Å². The number of aryl methyl sites for hydroxylation is 1. The maximum atomic E-state index is 12.7. The molecule has 194 valence electrons. The van der Waals surface area contributed by atoms with E-state index in [0.717, 1.165) is 5.69 Å². The first kappa shape index (κ1) is 27.6. The lowest BCUT2D eigenvalue weighted by atomic mass is 9.97. The molecule has 0 saturated heterocycles. The lowest BCUT2D eigenvalue weighted by Gasteiger charge is -2.13. The lowest BCUT2D eigenvalue weighted by Crippen LogP contribution is -2.25. The Morgan fingerprint density at radius 1 is 1.14 bits per heavy atom. The third kappa shape index (κ3) is 7.28. The molecule has 1 heterocycles. The van der Waals surface area contributed by atoms with E-state index >= 15 is 0 Å². The van der Waals surface area contributed by atoms with Gasteiger partial charge in [-0.15, -0.1) is 24.5 Å². The van der Waals surface area contributed by atoms with E-state index in [0.29, 0.717) is 29.0 Å². The summed E-state index contributed by atoms with van der Waals surface area (Å²) in [4.78, 5) is 16.6. The Morgan fingerprint density at radius 3 is 2.44 bits per heavy atom. The molecule has 7 nitrogen and oxygen atoms in total. The number of halogens is 3. The number of esters is 1. The Morgan fingerprint density at radius 2 is 1.83 bits per heavy atom. The first-order chi connectivity index (χ1) is 16.9. The molecule has 0 bridgehead atoms. The van der Waals surface area contributed by atoms with Gasteiger partial charge >= 0.3 is 12.3 Å². The summed E-state index contributed by atoms with van der Waals surface area (Å²) in [6.07, 6.45) is -3.79. The van der Waals surface area contributed by atoms with Gasteiger partial charge in [0.05, 0.1) is 23.3 Å². The van der Waals surface area contributed by atoms with Crippen LogP contribution in [0.2, 0.25) is 0 Å². The fraction of sp³-hybridized carbons (Fsp3) is 0.333. The zero-order chi connectivity index (χ0) is 26.5. The molecule has 0 radical (unpaired) electrons. The van der Waals surface area contributed by atoms with Gasteiger partial charge in [0.15, 0.2) is 0 Å². The van der Waals surface area contributed by atoms with Crippen molar-refractivity contribution in [3.63, 3.8) is 0 Å². The first-order valence-corrected chi connectivity index (χ1v) is 13.3. The number of ether oxygens (including phenoxy) is 2. The van der Waals surface area contributed by atoms with Crippen molar-refractivity contribution in [2.75, 3.05) is 13.7 Å². The molecule has 0 aliphatic heterocycles. The minimum atomic E-state index is -4.75. The number of methoxy groups -OCH3 is 1. The highest BCUT2D eigenvalue weighted by Gasteiger charge is 2.31. The Kier molecular flexibility index (Phi) is 8.75. The molecule has 12 heteroatoms. The van der Waals surface area contributed by atoms with Crippen LogP contribution in [0.1, 0.15) is 47.8 Å². The van der Waals surface area contributed by atoms with Gasteiger partial charge in [-0.2, -0.15) is 0 Å². The molecule has 36 heavy (non-hydrogen) atoms. The van der Waals surface area contributed by atoms with Gasteiger partial charge in [0.1, 0.15) is 10.8 Å². The topological polar surface area (TPSA) is 94.6 Å². The van der Waals surface area contributed by atoms with Gasteiger partial charge in [0, 0.05) is 17.5 Å². The largest absolute Gasteiger partial charge is 0.573 e. The van der Waals surface area contributed by atoms with E-state index in [2.05, 4.69) is 14.4 Å². The summed E-state index contributed by atoms with van der Waals surface area (Å²) in [6, 6.07) is 9.82. The van der Waals surface area contributed by atoms with E-state index in [1.807, 2.05) is 19.2 Å². The third-order valence-corrected chi connectivity index (χ3v) is 7.55. The fourth-order valence-electron chi connectivity index (χ4n) is 3.41. The number of aromatic nitrogens is 1. The van der Waals surface area contributed by atoms with Crippen LogP contribution in [0.25, 0.3) is 10.6 Å². The molecular formula is C24H25F3N2O5S2. The zero-order valence-electron chi connectivity index (χ0n) is 19.8. The summed E-state index contributed by atoms with van der Waals surface area (Å²) in [5.41, 5.74) is 2.29. The fourth-order valence-corrected chi connectivity index (χ4v) is 5.37. The molecule has 0 aliphatic carbocycles. The second-order valence-electron chi connectivity index (χ2n) is 8.11. The SMILES string of the molecule is COC(=O)c1cc(S(=O)(=O)NCCCc2csc(-c3ccc(OC(F)(F)F)cc3)n2)ccc1C(C)C. The number of nitrogens with one attached hydrogen (secondary N) is 1.